The summed E-state index contributed by atoms with van der Waals surface area (Å²) in [6.07, 6.45) is 1.71. The van der Waals surface area contributed by atoms with Gasteiger partial charge in [0.25, 0.3) is 0 Å². The van der Waals surface area contributed by atoms with E-state index in [-0.39, 0.29) is 29.8 Å². The number of esters is 1. The van der Waals surface area contributed by atoms with Gasteiger partial charge < -0.3 is 19.7 Å². The average Bonchev–Trinajstić information content (AvgIpc) is 3.32. The second kappa shape index (κ2) is 11.2. The lowest BCUT2D eigenvalue weighted by Crippen LogP contribution is -2.46. The fourth-order valence-electron chi connectivity index (χ4n) is 5.70. The molecule has 38 heavy (non-hydrogen) atoms. The number of aromatic nitrogens is 1. The number of carbonyl (C=O) groups is 2. The Morgan fingerprint density at radius 3 is 2.68 bits per heavy atom. The molecule has 4 rings (SSSR count). The third kappa shape index (κ3) is 6.03. The molecule has 2 aliphatic rings. The zero-order chi connectivity index (χ0) is 27.8. The average molecular weight is 544 g/mol. The van der Waals surface area contributed by atoms with Crippen molar-refractivity contribution in [3.05, 3.63) is 41.4 Å². The van der Waals surface area contributed by atoms with Crippen molar-refractivity contribution in [2.75, 3.05) is 0 Å². The number of ketones is 1. The standard InChI is InChI=1S/C30H41NO6S/c1-7-9-20-27(34)17(2)10-8-13-30(6)25(37-30)15-22(19-11-12-23-21(14-19)31-18(3)38-23)36-26(33)16-24(32)29(4,5)28(20)35/h7,11-12,14,17,20,22,24-25,27,32,34H,1,8-10,13,15-16H2,2-6H3/t17?,20?,22?,24?,25?,27?,30-/m1/s1. The largest absolute Gasteiger partial charge is 0.457 e. The highest BCUT2D eigenvalue weighted by atomic mass is 32.1. The maximum Gasteiger partial charge on any atom is 0.309 e. The van der Waals surface area contributed by atoms with Gasteiger partial charge in [0.15, 0.2) is 0 Å². The number of ether oxygens (including phenoxy) is 2. The van der Waals surface area contributed by atoms with E-state index in [4.69, 9.17) is 9.47 Å². The Bertz CT molecular complexity index is 1190. The first kappa shape index (κ1) is 28.9. The van der Waals surface area contributed by atoms with Crippen molar-refractivity contribution in [1.29, 1.82) is 0 Å². The zero-order valence-electron chi connectivity index (χ0n) is 23.1. The van der Waals surface area contributed by atoms with Gasteiger partial charge in [-0.1, -0.05) is 39.3 Å². The van der Waals surface area contributed by atoms with Gasteiger partial charge >= 0.3 is 5.97 Å². The Balaban J connectivity index is 1.63. The normalized spacial score (nSPS) is 34.9. The van der Waals surface area contributed by atoms with Crippen LogP contribution in [0.3, 0.4) is 0 Å². The predicted octanol–water partition coefficient (Wildman–Crippen LogP) is 5.46. The van der Waals surface area contributed by atoms with Gasteiger partial charge in [-0.2, -0.15) is 0 Å². The number of epoxide rings is 1. The highest BCUT2D eigenvalue weighted by Crippen LogP contribution is 2.47. The molecule has 0 spiro atoms. The molecular formula is C30H41NO6S. The maximum atomic E-state index is 13.6. The summed E-state index contributed by atoms with van der Waals surface area (Å²) in [6.45, 7) is 13.0. The second-order valence-electron chi connectivity index (χ2n) is 11.9. The number of benzene rings is 1. The monoisotopic (exact) mass is 543 g/mol. The van der Waals surface area contributed by atoms with Crippen molar-refractivity contribution in [1.82, 2.24) is 4.98 Å². The molecule has 0 saturated carbocycles. The molecular weight excluding hydrogens is 502 g/mol. The van der Waals surface area contributed by atoms with E-state index in [0.717, 1.165) is 40.1 Å². The number of fused-ring (bicyclic) bond motifs is 2. The summed E-state index contributed by atoms with van der Waals surface area (Å²) < 4.78 is 13.2. The molecule has 3 heterocycles. The lowest BCUT2D eigenvalue weighted by Gasteiger charge is -2.35. The molecule has 2 aromatic rings. The van der Waals surface area contributed by atoms with E-state index in [2.05, 4.69) is 18.5 Å². The Kier molecular flexibility index (Phi) is 8.48. The quantitative estimate of drug-likeness (QED) is 0.301. The summed E-state index contributed by atoms with van der Waals surface area (Å²) in [7, 11) is 0. The molecule has 0 radical (unpaired) electrons. The minimum Gasteiger partial charge on any atom is -0.457 e. The summed E-state index contributed by atoms with van der Waals surface area (Å²) in [5.41, 5.74) is 0.115. The van der Waals surface area contributed by atoms with Crippen molar-refractivity contribution in [3.8, 4) is 0 Å². The van der Waals surface area contributed by atoms with Crippen molar-refractivity contribution in [2.24, 2.45) is 17.3 Å². The molecule has 208 valence electrons. The number of aliphatic hydroxyl groups is 2. The van der Waals surface area contributed by atoms with E-state index >= 15 is 0 Å². The molecule has 7 atom stereocenters. The van der Waals surface area contributed by atoms with Crippen LogP contribution < -0.4 is 0 Å². The first-order valence-corrected chi connectivity index (χ1v) is 14.4. The van der Waals surface area contributed by atoms with Gasteiger partial charge in [0, 0.05) is 12.3 Å². The fraction of sp³-hybridized carbons (Fsp3) is 0.633. The van der Waals surface area contributed by atoms with Gasteiger partial charge in [0.2, 0.25) is 0 Å². The van der Waals surface area contributed by atoms with E-state index in [1.807, 2.05) is 32.0 Å². The summed E-state index contributed by atoms with van der Waals surface area (Å²) in [5, 5.41) is 23.2. The molecule has 2 N–H and O–H groups in total. The summed E-state index contributed by atoms with van der Waals surface area (Å²) in [4.78, 5) is 31.3. The molecule has 0 bridgehead atoms. The molecule has 6 unspecified atom stereocenters. The van der Waals surface area contributed by atoms with Crippen molar-refractivity contribution in [3.63, 3.8) is 0 Å². The van der Waals surface area contributed by atoms with Crippen LogP contribution in [0.2, 0.25) is 0 Å². The van der Waals surface area contributed by atoms with Crippen LogP contribution in [0.1, 0.15) is 82.9 Å². The molecule has 2 aliphatic heterocycles. The maximum absolute atomic E-state index is 13.6. The van der Waals surface area contributed by atoms with Crippen LogP contribution in [0, 0.1) is 24.2 Å². The SMILES string of the molecule is C=CCC1C(=O)C(C)(C)C(O)CC(=O)OC(c2ccc3sc(C)nc3c2)CC2O[C@]2(C)CCCC(C)C1O. The number of hydrogen-bond donors (Lipinski definition) is 2. The van der Waals surface area contributed by atoms with Crippen LogP contribution in [0.4, 0.5) is 0 Å². The van der Waals surface area contributed by atoms with Gasteiger partial charge in [-0.05, 0) is 56.7 Å². The minimum atomic E-state index is -1.27. The third-order valence-corrected chi connectivity index (χ3v) is 9.49. The zero-order valence-corrected chi connectivity index (χ0v) is 23.9. The fourth-order valence-corrected chi connectivity index (χ4v) is 6.51. The topological polar surface area (TPSA) is 109 Å². The van der Waals surface area contributed by atoms with Crippen molar-refractivity contribution in [2.45, 2.75) is 103 Å². The summed E-state index contributed by atoms with van der Waals surface area (Å²) in [5.74, 6) is -1.68. The van der Waals surface area contributed by atoms with Crippen LogP contribution in [-0.2, 0) is 19.1 Å². The highest BCUT2D eigenvalue weighted by Gasteiger charge is 2.53. The van der Waals surface area contributed by atoms with Crippen LogP contribution in [0.5, 0.6) is 0 Å². The van der Waals surface area contributed by atoms with E-state index in [1.165, 1.54) is 0 Å². The number of cyclic esters (lactones) is 1. The van der Waals surface area contributed by atoms with Crippen LogP contribution in [0.25, 0.3) is 10.2 Å². The molecule has 0 amide bonds. The van der Waals surface area contributed by atoms with Crippen molar-refractivity contribution < 1.29 is 29.3 Å². The molecule has 1 aromatic heterocycles. The summed E-state index contributed by atoms with van der Waals surface area (Å²) in [6, 6.07) is 5.92. The molecule has 0 aliphatic carbocycles. The number of nitrogens with zero attached hydrogens (tertiary/aromatic N) is 1. The van der Waals surface area contributed by atoms with Gasteiger partial charge in [-0.25, -0.2) is 4.98 Å². The van der Waals surface area contributed by atoms with Crippen LogP contribution in [0.15, 0.2) is 30.9 Å². The number of hydrogen-bond acceptors (Lipinski definition) is 8. The van der Waals surface area contributed by atoms with E-state index in [9.17, 15) is 19.8 Å². The second-order valence-corrected chi connectivity index (χ2v) is 13.1. The number of aliphatic hydroxyl groups excluding tert-OH is 2. The highest BCUT2D eigenvalue weighted by molar-refractivity contribution is 7.18. The predicted molar refractivity (Wildman–Crippen MR) is 148 cm³/mol. The third-order valence-electron chi connectivity index (χ3n) is 8.54. The van der Waals surface area contributed by atoms with Gasteiger partial charge in [-0.3, -0.25) is 9.59 Å². The lowest BCUT2D eigenvalue weighted by molar-refractivity contribution is -0.156. The van der Waals surface area contributed by atoms with E-state index in [1.54, 1.807) is 31.3 Å². The molecule has 1 aromatic carbocycles. The number of aryl methyl sites for hydroxylation is 1. The first-order chi connectivity index (χ1) is 17.9. The number of rotatable bonds is 3. The Hall–Kier alpha value is -2.13. The van der Waals surface area contributed by atoms with Gasteiger partial charge in [0.1, 0.15) is 11.9 Å². The molecule has 7 nitrogen and oxygen atoms in total. The van der Waals surface area contributed by atoms with Crippen LogP contribution >= 0.6 is 11.3 Å². The van der Waals surface area contributed by atoms with Crippen LogP contribution in [-0.4, -0.2) is 50.9 Å². The Labute approximate surface area is 229 Å². The lowest BCUT2D eigenvalue weighted by atomic mass is 9.71. The van der Waals surface area contributed by atoms with Gasteiger partial charge in [0.05, 0.1) is 51.0 Å². The molecule has 8 heteroatoms. The smallest absolute Gasteiger partial charge is 0.309 e. The number of carbonyl (C=O) groups excluding carboxylic acids is 2. The van der Waals surface area contributed by atoms with Gasteiger partial charge in [-0.15, -0.1) is 17.9 Å². The summed E-state index contributed by atoms with van der Waals surface area (Å²) >= 11 is 1.61. The Morgan fingerprint density at radius 2 is 1.97 bits per heavy atom. The number of allylic oxidation sites excluding steroid dienone is 1. The molecule has 2 saturated heterocycles. The Morgan fingerprint density at radius 1 is 1.24 bits per heavy atom. The number of thiazole rings is 1. The number of Topliss-reactive ketones (excluding diaryl/α,β-unsaturated/α-hetero) is 1. The minimum absolute atomic E-state index is 0.0715. The molecule has 2 fully saturated rings. The first-order valence-electron chi connectivity index (χ1n) is 13.6. The van der Waals surface area contributed by atoms with E-state index in [0.29, 0.717) is 12.8 Å². The van der Waals surface area contributed by atoms with E-state index < -0.39 is 35.6 Å². The van der Waals surface area contributed by atoms with Crippen molar-refractivity contribution >= 4 is 33.3 Å².